The van der Waals surface area contributed by atoms with E-state index < -0.39 is 0 Å². The predicted molar refractivity (Wildman–Crippen MR) is 70.5 cm³/mol. The first-order valence-corrected chi connectivity index (χ1v) is 5.99. The van der Waals surface area contributed by atoms with Gasteiger partial charge in [-0.1, -0.05) is 23.8 Å². The molecule has 0 bridgehead atoms. The van der Waals surface area contributed by atoms with Crippen molar-refractivity contribution in [2.45, 2.75) is 26.8 Å². The molecule has 3 nitrogen and oxygen atoms in total. The third kappa shape index (κ3) is 2.62. The van der Waals surface area contributed by atoms with Crippen LogP contribution in [-0.2, 0) is 0 Å². The number of aryl methyl sites for hydroxylation is 2. The van der Waals surface area contributed by atoms with Gasteiger partial charge < -0.3 is 9.73 Å². The molecule has 0 aliphatic heterocycles. The summed E-state index contributed by atoms with van der Waals surface area (Å²) in [6.45, 7) is 6.08. The van der Waals surface area contributed by atoms with Crippen LogP contribution in [0, 0.1) is 13.8 Å². The highest BCUT2D eigenvalue weighted by Gasteiger charge is 2.14. The largest absolute Gasteiger partial charge is 0.459 e. The van der Waals surface area contributed by atoms with Gasteiger partial charge in [-0.25, -0.2) is 0 Å². The van der Waals surface area contributed by atoms with Gasteiger partial charge in [0, 0.05) is 0 Å². The van der Waals surface area contributed by atoms with Gasteiger partial charge in [-0.3, -0.25) is 4.79 Å². The van der Waals surface area contributed by atoms with Crippen molar-refractivity contribution >= 4 is 5.91 Å². The van der Waals surface area contributed by atoms with E-state index in [2.05, 4.69) is 37.4 Å². The third-order valence-electron chi connectivity index (χ3n) is 2.98. The van der Waals surface area contributed by atoms with Crippen molar-refractivity contribution in [2.75, 3.05) is 0 Å². The molecule has 0 aliphatic rings. The number of nitrogens with one attached hydrogen (secondary N) is 1. The molecule has 2 aromatic rings. The SMILES string of the molecule is Cc1ccc(C(C)NC(=O)c2ccco2)c(C)c1. The van der Waals surface area contributed by atoms with Gasteiger partial charge in [-0.2, -0.15) is 0 Å². The molecule has 1 N–H and O–H groups in total. The van der Waals surface area contributed by atoms with Gasteiger partial charge in [0.2, 0.25) is 0 Å². The van der Waals surface area contributed by atoms with Crippen LogP contribution in [0.15, 0.2) is 41.0 Å². The Kier molecular flexibility index (Phi) is 3.51. The standard InChI is InChI=1S/C15H17NO2/c1-10-6-7-13(11(2)9-10)12(3)16-15(17)14-5-4-8-18-14/h4-9,12H,1-3H3,(H,16,17). The van der Waals surface area contributed by atoms with Crippen molar-refractivity contribution in [3.63, 3.8) is 0 Å². The Balaban J connectivity index is 2.12. The van der Waals surface area contributed by atoms with Gasteiger partial charge in [0.1, 0.15) is 0 Å². The number of rotatable bonds is 3. The Morgan fingerprint density at radius 1 is 1.28 bits per heavy atom. The zero-order chi connectivity index (χ0) is 13.1. The van der Waals surface area contributed by atoms with Crippen LogP contribution in [0.5, 0.6) is 0 Å². The fourth-order valence-electron chi connectivity index (χ4n) is 2.06. The normalized spacial score (nSPS) is 12.2. The number of furan rings is 1. The maximum absolute atomic E-state index is 11.9. The van der Waals surface area contributed by atoms with Crippen LogP contribution in [0.25, 0.3) is 0 Å². The highest BCUT2D eigenvalue weighted by atomic mass is 16.3. The van der Waals surface area contributed by atoms with E-state index in [-0.39, 0.29) is 11.9 Å². The minimum Gasteiger partial charge on any atom is -0.459 e. The van der Waals surface area contributed by atoms with Gasteiger partial charge in [0.25, 0.3) is 5.91 Å². The molecule has 0 saturated carbocycles. The number of hydrogen-bond donors (Lipinski definition) is 1. The van der Waals surface area contributed by atoms with Crippen LogP contribution in [0.4, 0.5) is 0 Å². The summed E-state index contributed by atoms with van der Waals surface area (Å²) in [5.74, 6) is 0.152. The Labute approximate surface area is 107 Å². The van der Waals surface area contributed by atoms with E-state index in [1.165, 1.54) is 17.4 Å². The molecule has 0 aliphatic carbocycles. The second-order valence-corrected chi connectivity index (χ2v) is 4.53. The molecule has 1 atom stereocenters. The van der Waals surface area contributed by atoms with Crippen LogP contribution in [0.1, 0.15) is 40.2 Å². The molecule has 3 heteroatoms. The lowest BCUT2D eigenvalue weighted by molar-refractivity contribution is 0.0912. The van der Waals surface area contributed by atoms with Crippen molar-refractivity contribution in [3.8, 4) is 0 Å². The summed E-state index contributed by atoms with van der Waals surface area (Å²) in [5, 5.41) is 2.93. The molecule has 1 aromatic heterocycles. The quantitative estimate of drug-likeness (QED) is 0.897. The molecule has 0 fully saturated rings. The lowest BCUT2D eigenvalue weighted by Gasteiger charge is -2.16. The van der Waals surface area contributed by atoms with Gasteiger partial charge in [-0.05, 0) is 44.0 Å². The average Bonchev–Trinajstić information content (AvgIpc) is 2.81. The predicted octanol–water partition coefficient (Wildman–Crippen LogP) is 3.39. The zero-order valence-electron chi connectivity index (χ0n) is 10.9. The van der Waals surface area contributed by atoms with Crippen LogP contribution < -0.4 is 5.32 Å². The highest BCUT2D eigenvalue weighted by molar-refractivity contribution is 5.91. The maximum atomic E-state index is 11.9. The monoisotopic (exact) mass is 243 g/mol. The van der Waals surface area contributed by atoms with Crippen molar-refractivity contribution in [1.29, 1.82) is 0 Å². The Morgan fingerprint density at radius 3 is 2.67 bits per heavy atom. The van der Waals surface area contributed by atoms with E-state index in [1.54, 1.807) is 12.1 Å². The number of carbonyl (C=O) groups is 1. The molecule has 1 aromatic carbocycles. The summed E-state index contributed by atoms with van der Waals surface area (Å²) in [6, 6.07) is 9.55. The van der Waals surface area contributed by atoms with Gasteiger partial charge >= 0.3 is 0 Å². The van der Waals surface area contributed by atoms with E-state index >= 15 is 0 Å². The fraction of sp³-hybridized carbons (Fsp3) is 0.267. The van der Waals surface area contributed by atoms with Crippen molar-refractivity contribution in [1.82, 2.24) is 5.32 Å². The molecule has 1 amide bonds. The summed E-state index contributed by atoms with van der Waals surface area (Å²) < 4.78 is 5.07. The second kappa shape index (κ2) is 5.08. The molecule has 0 spiro atoms. The third-order valence-corrected chi connectivity index (χ3v) is 2.98. The molecule has 1 unspecified atom stereocenters. The Hall–Kier alpha value is -2.03. The minimum absolute atomic E-state index is 0.0387. The molecule has 18 heavy (non-hydrogen) atoms. The zero-order valence-corrected chi connectivity index (χ0v) is 10.9. The van der Waals surface area contributed by atoms with E-state index in [9.17, 15) is 4.79 Å². The van der Waals surface area contributed by atoms with Crippen molar-refractivity contribution < 1.29 is 9.21 Å². The summed E-state index contributed by atoms with van der Waals surface area (Å²) in [5.41, 5.74) is 3.53. The van der Waals surface area contributed by atoms with E-state index in [0.717, 1.165) is 5.56 Å². The van der Waals surface area contributed by atoms with Crippen LogP contribution in [0.3, 0.4) is 0 Å². The van der Waals surface area contributed by atoms with Crippen LogP contribution in [0.2, 0.25) is 0 Å². The number of amides is 1. The van der Waals surface area contributed by atoms with Crippen molar-refractivity contribution in [3.05, 3.63) is 59.0 Å². The first-order chi connectivity index (χ1) is 8.58. The molecule has 1 heterocycles. The molecular weight excluding hydrogens is 226 g/mol. The summed E-state index contributed by atoms with van der Waals surface area (Å²) in [7, 11) is 0. The van der Waals surface area contributed by atoms with Gasteiger partial charge in [0.15, 0.2) is 5.76 Å². The summed E-state index contributed by atoms with van der Waals surface area (Å²) in [4.78, 5) is 11.9. The number of hydrogen-bond acceptors (Lipinski definition) is 2. The molecule has 0 radical (unpaired) electrons. The highest BCUT2D eigenvalue weighted by Crippen LogP contribution is 2.19. The van der Waals surface area contributed by atoms with E-state index in [0.29, 0.717) is 5.76 Å². The number of benzene rings is 1. The topological polar surface area (TPSA) is 42.2 Å². The first kappa shape index (κ1) is 12.4. The Bertz CT molecular complexity index is 544. The average molecular weight is 243 g/mol. The molecule has 94 valence electrons. The summed E-state index contributed by atoms with van der Waals surface area (Å²) >= 11 is 0. The smallest absolute Gasteiger partial charge is 0.287 e. The molecule has 0 saturated heterocycles. The Morgan fingerprint density at radius 2 is 2.06 bits per heavy atom. The molecular formula is C15H17NO2. The van der Waals surface area contributed by atoms with Gasteiger partial charge in [0.05, 0.1) is 12.3 Å². The van der Waals surface area contributed by atoms with E-state index in [4.69, 9.17) is 4.42 Å². The van der Waals surface area contributed by atoms with Crippen molar-refractivity contribution in [2.24, 2.45) is 0 Å². The maximum Gasteiger partial charge on any atom is 0.287 e. The summed E-state index contributed by atoms with van der Waals surface area (Å²) in [6.07, 6.45) is 1.50. The number of carbonyl (C=O) groups excluding carboxylic acids is 1. The lowest BCUT2D eigenvalue weighted by Crippen LogP contribution is -2.26. The minimum atomic E-state index is -0.188. The molecule has 2 rings (SSSR count). The first-order valence-electron chi connectivity index (χ1n) is 5.99. The van der Waals surface area contributed by atoms with Gasteiger partial charge in [-0.15, -0.1) is 0 Å². The lowest BCUT2D eigenvalue weighted by atomic mass is 10.0. The fourth-order valence-corrected chi connectivity index (χ4v) is 2.06. The van der Waals surface area contributed by atoms with Crippen LogP contribution in [-0.4, -0.2) is 5.91 Å². The van der Waals surface area contributed by atoms with E-state index in [1.807, 2.05) is 6.92 Å². The second-order valence-electron chi connectivity index (χ2n) is 4.53. The van der Waals surface area contributed by atoms with Crippen LogP contribution >= 0.6 is 0 Å².